The minimum atomic E-state index is 0.162. The third kappa shape index (κ3) is 4.93. The van der Waals surface area contributed by atoms with Crippen LogP contribution >= 0.6 is 0 Å². The zero-order chi connectivity index (χ0) is 11.1. The third-order valence-electron chi connectivity index (χ3n) is 2.45. The van der Waals surface area contributed by atoms with Crippen LogP contribution in [0.15, 0.2) is 30.3 Å². The Kier molecular flexibility index (Phi) is 5.32. The lowest BCUT2D eigenvalue weighted by Gasteiger charge is -2.18. The van der Waals surface area contributed by atoms with Crippen molar-refractivity contribution in [3.05, 3.63) is 35.9 Å². The summed E-state index contributed by atoms with van der Waals surface area (Å²) in [5, 5.41) is 1.76. The highest BCUT2D eigenvalue weighted by Crippen LogP contribution is 2.04. The van der Waals surface area contributed by atoms with Crippen LogP contribution in [0, 0.1) is 0 Å². The number of benzene rings is 1. The van der Waals surface area contributed by atoms with Gasteiger partial charge in [0.2, 0.25) is 0 Å². The predicted molar refractivity (Wildman–Crippen MR) is 62.4 cm³/mol. The van der Waals surface area contributed by atoms with E-state index in [1.807, 2.05) is 13.1 Å². The van der Waals surface area contributed by atoms with Gasteiger partial charge in [-0.2, -0.15) is 5.06 Å². The monoisotopic (exact) mass is 208 g/mol. The van der Waals surface area contributed by atoms with Crippen molar-refractivity contribution in [2.75, 3.05) is 20.7 Å². The van der Waals surface area contributed by atoms with Crippen molar-refractivity contribution in [1.82, 2.24) is 5.06 Å². The van der Waals surface area contributed by atoms with E-state index in [2.05, 4.69) is 24.3 Å². The Hall–Kier alpha value is -0.900. The molecule has 0 spiro atoms. The maximum atomic E-state index is 5.98. The van der Waals surface area contributed by atoms with Crippen LogP contribution in [-0.2, 0) is 11.3 Å². The van der Waals surface area contributed by atoms with Gasteiger partial charge in [-0.25, -0.2) is 0 Å². The average molecular weight is 208 g/mol. The molecule has 1 unspecified atom stereocenters. The third-order valence-corrected chi connectivity index (χ3v) is 2.45. The Morgan fingerprint density at radius 3 is 2.60 bits per heavy atom. The highest BCUT2D eigenvalue weighted by molar-refractivity contribution is 5.14. The Balaban J connectivity index is 2.25. The van der Waals surface area contributed by atoms with E-state index in [0.717, 1.165) is 19.4 Å². The van der Waals surface area contributed by atoms with Gasteiger partial charge in [0, 0.05) is 19.6 Å². The van der Waals surface area contributed by atoms with Gasteiger partial charge in [-0.1, -0.05) is 30.3 Å². The smallest absolute Gasteiger partial charge is 0.0575 e. The van der Waals surface area contributed by atoms with E-state index in [4.69, 9.17) is 10.6 Å². The molecule has 1 aromatic carbocycles. The SMILES string of the molecule is CON(C)CC(N)CCc1ccccc1. The average Bonchev–Trinajstić information content (AvgIpc) is 2.27. The van der Waals surface area contributed by atoms with Crippen molar-refractivity contribution in [3.63, 3.8) is 0 Å². The standard InChI is InChI=1S/C12H20N2O/c1-14(15-2)10-12(13)9-8-11-6-4-3-5-7-11/h3-7,12H,8-10,13H2,1-2H3. The number of hydrogen-bond donors (Lipinski definition) is 1. The molecule has 1 aromatic rings. The first-order chi connectivity index (χ1) is 7.22. The molecule has 0 amide bonds. The van der Waals surface area contributed by atoms with Crippen LogP contribution in [0.25, 0.3) is 0 Å². The molecule has 0 aliphatic heterocycles. The second-order valence-electron chi connectivity index (χ2n) is 3.78. The van der Waals surface area contributed by atoms with E-state index < -0.39 is 0 Å². The maximum absolute atomic E-state index is 5.98. The minimum Gasteiger partial charge on any atom is -0.326 e. The van der Waals surface area contributed by atoms with Crippen LogP contribution in [0.4, 0.5) is 0 Å². The first kappa shape index (κ1) is 12.2. The van der Waals surface area contributed by atoms with Crippen molar-refractivity contribution >= 4 is 0 Å². The van der Waals surface area contributed by atoms with Crippen molar-refractivity contribution in [2.24, 2.45) is 5.73 Å². The maximum Gasteiger partial charge on any atom is 0.0575 e. The summed E-state index contributed by atoms with van der Waals surface area (Å²) in [5.74, 6) is 0. The van der Waals surface area contributed by atoms with Gasteiger partial charge in [0.05, 0.1) is 7.11 Å². The molecular formula is C12H20N2O. The molecule has 0 bridgehead atoms. The summed E-state index contributed by atoms with van der Waals surface area (Å²) >= 11 is 0. The molecule has 3 nitrogen and oxygen atoms in total. The highest BCUT2D eigenvalue weighted by Gasteiger charge is 2.06. The number of aryl methyl sites for hydroxylation is 1. The van der Waals surface area contributed by atoms with Crippen LogP contribution in [0.1, 0.15) is 12.0 Å². The number of nitrogens with zero attached hydrogens (tertiary/aromatic N) is 1. The minimum absolute atomic E-state index is 0.162. The lowest BCUT2D eigenvalue weighted by atomic mass is 10.1. The summed E-state index contributed by atoms with van der Waals surface area (Å²) in [4.78, 5) is 5.03. The van der Waals surface area contributed by atoms with Crippen LogP contribution in [0.5, 0.6) is 0 Å². The Morgan fingerprint density at radius 2 is 2.00 bits per heavy atom. The fraction of sp³-hybridized carbons (Fsp3) is 0.500. The van der Waals surface area contributed by atoms with E-state index in [-0.39, 0.29) is 6.04 Å². The van der Waals surface area contributed by atoms with Crippen LogP contribution in [0.3, 0.4) is 0 Å². The van der Waals surface area contributed by atoms with E-state index in [0.29, 0.717) is 0 Å². The van der Waals surface area contributed by atoms with Crippen LogP contribution in [-0.4, -0.2) is 31.8 Å². The molecule has 0 fully saturated rings. The van der Waals surface area contributed by atoms with Crippen molar-refractivity contribution < 1.29 is 4.84 Å². The van der Waals surface area contributed by atoms with E-state index in [9.17, 15) is 0 Å². The van der Waals surface area contributed by atoms with Crippen molar-refractivity contribution in [1.29, 1.82) is 0 Å². The zero-order valence-electron chi connectivity index (χ0n) is 9.52. The molecular weight excluding hydrogens is 188 g/mol. The van der Waals surface area contributed by atoms with Gasteiger partial charge in [0.25, 0.3) is 0 Å². The summed E-state index contributed by atoms with van der Waals surface area (Å²) in [6.45, 7) is 0.767. The topological polar surface area (TPSA) is 38.5 Å². The van der Waals surface area contributed by atoms with Crippen molar-refractivity contribution in [3.8, 4) is 0 Å². The normalized spacial score (nSPS) is 13.1. The molecule has 0 aliphatic rings. The molecule has 0 heterocycles. The molecule has 0 saturated heterocycles. The number of rotatable bonds is 6. The second-order valence-corrected chi connectivity index (χ2v) is 3.78. The number of hydroxylamine groups is 2. The van der Waals surface area contributed by atoms with Gasteiger partial charge < -0.3 is 10.6 Å². The Bertz CT molecular complexity index is 264. The van der Waals surface area contributed by atoms with E-state index in [1.54, 1.807) is 12.2 Å². The first-order valence-corrected chi connectivity index (χ1v) is 5.27. The lowest BCUT2D eigenvalue weighted by Crippen LogP contribution is -2.35. The number of hydrogen-bond acceptors (Lipinski definition) is 3. The van der Waals surface area contributed by atoms with Crippen molar-refractivity contribution in [2.45, 2.75) is 18.9 Å². The molecule has 1 atom stereocenters. The Morgan fingerprint density at radius 1 is 1.33 bits per heavy atom. The predicted octanol–water partition coefficient (Wildman–Crippen LogP) is 1.44. The number of likely N-dealkylation sites (N-methyl/N-ethyl adjacent to an activating group) is 1. The molecule has 15 heavy (non-hydrogen) atoms. The largest absolute Gasteiger partial charge is 0.326 e. The quantitative estimate of drug-likeness (QED) is 0.719. The zero-order valence-corrected chi connectivity index (χ0v) is 9.52. The molecule has 84 valence electrons. The Labute approximate surface area is 91.8 Å². The molecule has 0 aliphatic carbocycles. The van der Waals surface area contributed by atoms with Gasteiger partial charge in [-0.3, -0.25) is 0 Å². The summed E-state index contributed by atoms with van der Waals surface area (Å²) in [7, 11) is 3.55. The van der Waals surface area contributed by atoms with E-state index >= 15 is 0 Å². The summed E-state index contributed by atoms with van der Waals surface area (Å²) < 4.78 is 0. The van der Waals surface area contributed by atoms with Gasteiger partial charge in [-0.05, 0) is 18.4 Å². The van der Waals surface area contributed by atoms with Gasteiger partial charge >= 0.3 is 0 Å². The summed E-state index contributed by atoms with van der Waals surface area (Å²) in [6.07, 6.45) is 2.01. The lowest BCUT2D eigenvalue weighted by molar-refractivity contribution is -0.112. The molecule has 0 aromatic heterocycles. The first-order valence-electron chi connectivity index (χ1n) is 5.27. The number of nitrogens with two attached hydrogens (primary N) is 1. The van der Waals surface area contributed by atoms with Crippen LogP contribution in [0.2, 0.25) is 0 Å². The molecule has 0 radical (unpaired) electrons. The van der Waals surface area contributed by atoms with Gasteiger partial charge in [-0.15, -0.1) is 0 Å². The molecule has 1 rings (SSSR count). The molecule has 2 N–H and O–H groups in total. The van der Waals surface area contributed by atoms with Crippen LogP contribution < -0.4 is 5.73 Å². The fourth-order valence-corrected chi connectivity index (χ4v) is 1.49. The second kappa shape index (κ2) is 6.56. The van der Waals surface area contributed by atoms with Gasteiger partial charge in [0.1, 0.15) is 0 Å². The highest BCUT2D eigenvalue weighted by atomic mass is 16.7. The summed E-state index contributed by atoms with van der Waals surface area (Å²) in [5.41, 5.74) is 7.32. The molecule has 0 saturated carbocycles. The summed E-state index contributed by atoms with van der Waals surface area (Å²) in [6, 6.07) is 10.6. The van der Waals surface area contributed by atoms with E-state index in [1.165, 1.54) is 5.56 Å². The molecule has 3 heteroatoms. The fourth-order valence-electron chi connectivity index (χ4n) is 1.49. The van der Waals surface area contributed by atoms with Gasteiger partial charge in [0.15, 0.2) is 0 Å².